The van der Waals surface area contributed by atoms with Crippen LogP contribution in [0, 0.1) is 8.70 Å². The Labute approximate surface area is 140 Å². The predicted octanol–water partition coefficient (Wildman–Crippen LogP) is 3.45. The predicted molar refractivity (Wildman–Crippen MR) is 91.6 cm³/mol. The van der Waals surface area contributed by atoms with Crippen molar-refractivity contribution in [2.24, 2.45) is 0 Å². The van der Waals surface area contributed by atoms with Crippen LogP contribution in [-0.4, -0.2) is 37.0 Å². The van der Waals surface area contributed by atoms with Crippen LogP contribution in [0.4, 0.5) is 10.1 Å². The summed E-state index contributed by atoms with van der Waals surface area (Å²) in [4.78, 5) is 16.2. The lowest BCUT2D eigenvalue weighted by Crippen LogP contribution is -2.49. The molecule has 21 heavy (non-hydrogen) atoms. The van der Waals surface area contributed by atoms with Gasteiger partial charge in [0.2, 0.25) is 0 Å². The van der Waals surface area contributed by atoms with Gasteiger partial charge in [-0.25, -0.2) is 4.39 Å². The zero-order chi connectivity index (χ0) is 14.8. The first-order valence-corrected chi connectivity index (χ1v) is 8.64. The van der Waals surface area contributed by atoms with Crippen LogP contribution in [0.1, 0.15) is 10.4 Å². The van der Waals surface area contributed by atoms with Gasteiger partial charge in [-0.2, -0.15) is 0 Å². The fraction of sp³-hybridized carbons (Fsp3) is 0.267. The van der Waals surface area contributed by atoms with Gasteiger partial charge in [0.05, 0.1) is 14.1 Å². The van der Waals surface area contributed by atoms with Crippen molar-refractivity contribution in [1.29, 1.82) is 0 Å². The number of nitrogens with zero attached hydrogens (tertiary/aromatic N) is 2. The van der Waals surface area contributed by atoms with E-state index in [4.69, 9.17) is 0 Å². The number of piperazine rings is 1. The largest absolute Gasteiger partial charge is 0.366 e. The van der Waals surface area contributed by atoms with Gasteiger partial charge in [-0.05, 0) is 40.8 Å². The van der Waals surface area contributed by atoms with Crippen molar-refractivity contribution in [3.63, 3.8) is 0 Å². The topological polar surface area (TPSA) is 23.6 Å². The molecule has 6 heteroatoms. The Balaban J connectivity index is 1.65. The minimum absolute atomic E-state index is 0.0716. The number of rotatable bonds is 2. The Morgan fingerprint density at radius 3 is 2.52 bits per heavy atom. The summed E-state index contributed by atoms with van der Waals surface area (Å²) in [5.74, 6) is -0.132. The highest BCUT2D eigenvalue weighted by atomic mass is 127. The van der Waals surface area contributed by atoms with Crippen molar-refractivity contribution < 1.29 is 9.18 Å². The van der Waals surface area contributed by atoms with E-state index >= 15 is 0 Å². The molecule has 3 rings (SSSR count). The summed E-state index contributed by atoms with van der Waals surface area (Å²) in [6.45, 7) is 2.57. The van der Waals surface area contributed by atoms with E-state index in [1.165, 1.54) is 6.07 Å². The first-order chi connectivity index (χ1) is 10.1. The summed E-state index contributed by atoms with van der Waals surface area (Å²) in [7, 11) is 0. The van der Waals surface area contributed by atoms with E-state index < -0.39 is 0 Å². The van der Waals surface area contributed by atoms with E-state index in [1.54, 1.807) is 23.5 Å². The number of carbonyl (C=O) groups is 1. The summed E-state index contributed by atoms with van der Waals surface area (Å²) in [5, 5.41) is 1.90. The van der Waals surface area contributed by atoms with Crippen LogP contribution in [0.5, 0.6) is 0 Å². The van der Waals surface area contributed by atoms with Crippen LogP contribution in [0.15, 0.2) is 35.7 Å². The monoisotopic (exact) mass is 416 g/mol. The molecule has 0 aliphatic carbocycles. The van der Waals surface area contributed by atoms with Crippen molar-refractivity contribution >= 4 is 45.5 Å². The van der Waals surface area contributed by atoms with Gasteiger partial charge in [0, 0.05) is 31.6 Å². The first-order valence-electron chi connectivity index (χ1n) is 6.68. The molecular weight excluding hydrogens is 402 g/mol. The molecule has 0 unspecified atom stereocenters. The van der Waals surface area contributed by atoms with Gasteiger partial charge in [-0.3, -0.25) is 4.79 Å². The number of thiophene rings is 1. The quantitative estimate of drug-likeness (QED) is 0.701. The summed E-state index contributed by atoms with van der Waals surface area (Å²) in [6, 6.07) is 8.70. The number of hydrogen-bond acceptors (Lipinski definition) is 3. The maximum absolute atomic E-state index is 13.8. The van der Waals surface area contributed by atoms with E-state index in [0.29, 0.717) is 31.9 Å². The molecule has 0 atom stereocenters. The normalized spacial score (nSPS) is 15.3. The number of amides is 1. The van der Waals surface area contributed by atoms with E-state index in [9.17, 15) is 9.18 Å². The van der Waals surface area contributed by atoms with Gasteiger partial charge in [-0.1, -0.05) is 12.1 Å². The van der Waals surface area contributed by atoms with Gasteiger partial charge in [0.15, 0.2) is 0 Å². The molecule has 1 aliphatic rings. The maximum atomic E-state index is 13.8. The summed E-state index contributed by atoms with van der Waals surface area (Å²) in [5.41, 5.74) is 1.37. The highest BCUT2D eigenvalue weighted by Crippen LogP contribution is 2.22. The molecule has 1 saturated heterocycles. The highest BCUT2D eigenvalue weighted by molar-refractivity contribution is 14.1. The lowest BCUT2D eigenvalue weighted by molar-refractivity contribution is 0.0747. The minimum atomic E-state index is -0.204. The van der Waals surface area contributed by atoms with Gasteiger partial charge >= 0.3 is 0 Å². The molecule has 0 saturated carbocycles. The second kappa shape index (κ2) is 6.31. The lowest BCUT2D eigenvalue weighted by Gasteiger charge is -2.36. The molecule has 3 nitrogen and oxygen atoms in total. The van der Waals surface area contributed by atoms with E-state index in [2.05, 4.69) is 22.6 Å². The third-order valence-corrected chi connectivity index (χ3v) is 5.36. The van der Waals surface area contributed by atoms with E-state index in [1.807, 2.05) is 27.3 Å². The average molecular weight is 416 g/mol. The fourth-order valence-electron chi connectivity index (χ4n) is 2.46. The van der Waals surface area contributed by atoms with Gasteiger partial charge in [-0.15, -0.1) is 11.3 Å². The SMILES string of the molecule is O=C(c1csc(I)c1)N1CCN(c2ccccc2F)CC1. The summed E-state index contributed by atoms with van der Waals surface area (Å²) >= 11 is 3.79. The molecule has 1 aliphatic heterocycles. The standard InChI is InChI=1S/C15H14FIN2OS/c16-12-3-1-2-4-13(12)18-5-7-19(8-6-18)15(20)11-9-14(17)21-10-11/h1-4,9-10H,5-8H2. The molecule has 110 valence electrons. The Morgan fingerprint density at radius 2 is 1.90 bits per heavy atom. The minimum Gasteiger partial charge on any atom is -0.366 e. The van der Waals surface area contributed by atoms with E-state index in [0.717, 1.165) is 8.45 Å². The number of halogens is 2. The molecule has 1 fully saturated rings. The molecular formula is C15H14FIN2OS. The maximum Gasteiger partial charge on any atom is 0.254 e. The summed E-state index contributed by atoms with van der Waals surface area (Å²) < 4.78 is 14.9. The molecule has 0 bridgehead atoms. The molecule has 1 aromatic carbocycles. The second-order valence-electron chi connectivity index (χ2n) is 4.87. The van der Waals surface area contributed by atoms with Crippen molar-refractivity contribution in [3.8, 4) is 0 Å². The van der Waals surface area contributed by atoms with Crippen LogP contribution >= 0.6 is 33.9 Å². The average Bonchev–Trinajstić information content (AvgIpc) is 2.94. The molecule has 0 spiro atoms. The van der Waals surface area contributed by atoms with Crippen LogP contribution in [-0.2, 0) is 0 Å². The Hall–Kier alpha value is -1.15. The number of anilines is 1. The number of hydrogen-bond donors (Lipinski definition) is 0. The highest BCUT2D eigenvalue weighted by Gasteiger charge is 2.23. The van der Waals surface area contributed by atoms with Gasteiger partial charge in [0.25, 0.3) is 5.91 Å². The van der Waals surface area contributed by atoms with Crippen molar-refractivity contribution in [2.45, 2.75) is 0 Å². The number of benzene rings is 1. The second-order valence-corrected chi connectivity index (χ2v) is 7.68. The zero-order valence-electron chi connectivity index (χ0n) is 11.3. The molecule has 0 N–H and O–H groups in total. The van der Waals surface area contributed by atoms with Crippen molar-refractivity contribution in [1.82, 2.24) is 4.90 Å². The third kappa shape index (κ3) is 3.21. The van der Waals surface area contributed by atoms with E-state index in [-0.39, 0.29) is 11.7 Å². The fourth-order valence-corrected chi connectivity index (χ4v) is 3.78. The smallest absolute Gasteiger partial charge is 0.254 e. The van der Waals surface area contributed by atoms with Crippen LogP contribution in [0.2, 0.25) is 0 Å². The van der Waals surface area contributed by atoms with Gasteiger partial charge in [0.1, 0.15) is 5.82 Å². The Bertz CT molecular complexity index is 653. The van der Waals surface area contributed by atoms with Crippen LogP contribution < -0.4 is 4.90 Å². The molecule has 1 aromatic heterocycles. The van der Waals surface area contributed by atoms with Crippen molar-refractivity contribution in [2.75, 3.05) is 31.1 Å². The molecule has 2 heterocycles. The van der Waals surface area contributed by atoms with Crippen LogP contribution in [0.25, 0.3) is 0 Å². The summed E-state index contributed by atoms with van der Waals surface area (Å²) in [6.07, 6.45) is 0. The molecule has 0 radical (unpaired) electrons. The lowest BCUT2D eigenvalue weighted by atomic mass is 10.2. The Morgan fingerprint density at radius 1 is 1.19 bits per heavy atom. The zero-order valence-corrected chi connectivity index (χ0v) is 14.2. The number of para-hydroxylation sites is 1. The third-order valence-electron chi connectivity index (χ3n) is 3.57. The molecule has 2 aromatic rings. The number of carbonyl (C=O) groups excluding carboxylic acids is 1. The Kier molecular flexibility index (Phi) is 4.44. The first kappa shape index (κ1) is 14.8. The van der Waals surface area contributed by atoms with Crippen molar-refractivity contribution in [3.05, 3.63) is 50.0 Å². The molecule has 1 amide bonds. The van der Waals surface area contributed by atoms with Gasteiger partial charge < -0.3 is 9.80 Å². The van der Waals surface area contributed by atoms with Crippen LogP contribution in [0.3, 0.4) is 0 Å².